The highest BCUT2D eigenvalue weighted by Crippen LogP contribution is 2.49. The number of benzene rings is 2. The number of pyridine rings is 1. The van der Waals surface area contributed by atoms with Gasteiger partial charge in [-0.3, -0.25) is 9.88 Å². The van der Waals surface area contributed by atoms with E-state index >= 15 is 0 Å². The Labute approximate surface area is 271 Å². The predicted molar refractivity (Wildman–Crippen MR) is 170 cm³/mol. The zero-order valence-corrected chi connectivity index (χ0v) is 26.7. The number of fused-ring (bicyclic) bond motifs is 2. The van der Waals surface area contributed by atoms with Gasteiger partial charge in [-0.1, -0.05) is 23.7 Å². The summed E-state index contributed by atoms with van der Waals surface area (Å²) in [6.07, 6.45) is 4.51. The van der Waals surface area contributed by atoms with Crippen LogP contribution in [0.5, 0.6) is 17.2 Å². The molecule has 2 fully saturated rings. The second kappa shape index (κ2) is 12.7. The summed E-state index contributed by atoms with van der Waals surface area (Å²) >= 11 is 6.06. The van der Waals surface area contributed by atoms with E-state index in [-0.39, 0.29) is 11.7 Å². The summed E-state index contributed by atoms with van der Waals surface area (Å²) in [5.74, 6) is 1.07. The van der Waals surface area contributed by atoms with Gasteiger partial charge >= 0.3 is 5.97 Å². The Kier molecular flexibility index (Phi) is 8.50. The van der Waals surface area contributed by atoms with Crippen LogP contribution in [0, 0.1) is 0 Å². The van der Waals surface area contributed by atoms with Crippen LogP contribution in [0.1, 0.15) is 59.5 Å². The van der Waals surface area contributed by atoms with Gasteiger partial charge in [0.15, 0.2) is 11.5 Å². The molecule has 2 aromatic heterocycles. The maximum Gasteiger partial charge on any atom is 0.335 e. The van der Waals surface area contributed by atoms with Crippen LogP contribution in [0.3, 0.4) is 0 Å². The molecule has 0 radical (unpaired) electrons. The van der Waals surface area contributed by atoms with Gasteiger partial charge in [-0.05, 0) is 68.6 Å². The van der Waals surface area contributed by atoms with Crippen LogP contribution in [0.2, 0.25) is 5.02 Å². The molecule has 0 saturated carbocycles. The lowest BCUT2D eigenvalue weighted by molar-refractivity contribution is -0.0722. The third-order valence-electron chi connectivity index (χ3n) is 9.07. The number of carboxylic acids is 1. The molecule has 3 aliphatic rings. The minimum absolute atomic E-state index is 0.0735. The first-order valence-corrected chi connectivity index (χ1v) is 16.0. The van der Waals surface area contributed by atoms with Crippen molar-refractivity contribution >= 4 is 28.6 Å². The van der Waals surface area contributed by atoms with Gasteiger partial charge in [0.2, 0.25) is 0 Å². The van der Waals surface area contributed by atoms with Crippen molar-refractivity contribution in [1.29, 1.82) is 0 Å². The van der Waals surface area contributed by atoms with E-state index < -0.39 is 11.8 Å². The van der Waals surface area contributed by atoms with Gasteiger partial charge in [-0.25, -0.2) is 9.78 Å². The number of rotatable bonds is 11. The number of likely N-dealkylation sites (tertiary alicyclic amines) is 1. The van der Waals surface area contributed by atoms with Crippen LogP contribution in [-0.4, -0.2) is 76.6 Å². The molecule has 11 nitrogen and oxygen atoms in total. The number of aromatic nitrogens is 3. The lowest BCUT2D eigenvalue weighted by Crippen LogP contribution is -2.35. The summed E-state index contributed by atoms with van der Waals surface area (Å²) < 4.78 is 31.8. The van der Waals surface area contributed by atoms with Gasteiger partial charge < -0.3 is 33.4 Å². The predicted octanol–water partition coefficient (Wildman–Crippen LogP) is 5.62. The van der Waals surface area contributed by atoms with Crippen molar-refractivity contribution in [3.63, 3.8) is 0 Å². The average Bonchev–Trinajstić information content (AvgIpc) is 3.56. The van der Waals surface area contributed by atoms with Gasteiger partial charge in [0.25, 0.3) is 5.79 Å². The first kappa shape index (κ1) is 30.7. The van der Waals surface area contributed by atoms with E-state index in [2.05, 4.69) is 20.5 Å². The number of methoxy groups -OCH3 is 1. The van der Waals surface area contributed by atoms with E-state index in [1.165, 1.54) is 0 Å². The Balaban J connectivity index is 1.10. The maximum atomic E-state index is 12.0. The number of piperidine rings is 1. The van der Waals surface area contributed by atoms with Gasteiger partial charge in [-0.15, -0.1) is 0 Å². The van der Waals surface area contributed by atoms with Crippen LogP contribution in [-0.2, 0) is 28.4 Å². The van der Waals surface area contributed by atoms with Gasteiger partial charge in [-0.2, -0.15) is 0 Å². The van der Waals surface area contributed by atoms with Crippen LogP contribution >= 0.6 is 11.6 Å². The molecule has 7 rings (SSSR count). The summed E-state index contributed by atoms with van der Waals surface area (Å²) in [5, 5.41) is 10.4. The van der Waals surface area contributed by atoms with Crippen LogP contribution in [0.25, 0.3) is 11.0 Å². The van der Waals surface area contributed by atoms with Crippen LogP contribution in [0.15, 0.2) is 48.7 Å². The lowest BCUT2D eigenvalue weighted by Gasteiger charge is -2.33. The fourth-order valence-electron chi connectivity index (χ4n) is 6.49. The number of imidazole rings is 1. The Bertz CT molecular complexity index is 1730. The van der Waals surface area contributed by atoms with E-state index in [0.29, 0.717) is 54.2 Å². The molecule has 12 heteroatoms. The third kappa shape index (κ3) is 6.00. The molecule has 5 heterocycles. The molecule has 242 valence electrons. The second-order valence-corrected chi connectivity index (χ2v) is 12.6. The molecule has 2 atom stereocenters. The summed E-state index contributed by atoms with van der Waals surface area (Å²) in [7, 11) is 1.60. The van der Waals surface area contributed by atoms with Crippen LogP contribution in [0.4, 0.5) is 0 Å². The molecule has 3 aliphatic heterocycles. The van der Waals surface area contributed by atoms with E-state index in [1.807, 2.05) is 25.1 Å². The fraction of sp³-hybridized carbons (Fsp3) is 0.441. The number of halogens is 1. The summed E-state index contributed by atoms with van der Waals surface area (Å²) in [6.45, 7) is 6.26. The summed E-state index contributed by atoms with van der Waals surface area (Å²) in [5.41, 5.74) is 3.35. The standard InChI is InChI=1S/C34H37ClN4O7/c1-34(29-7-6-23(35)18-36-29)45-27-5-3-4-25(32(27)46-34)21-8-11-38(12-9-21)20-30-37-31-26(39(30)19-24-10-13-43-24)16-22(33(40)41)17-28(31)44-15-14-42-2/h3-7,16-18,21,24H,8-15,19-20H2,1-2H3,(H,40,41)/t24-,34-/m0/s1. The maximum absolute atomic E-state index is 12.0. The Hall–Kier alpha value is -3.90. The van der Waals surface area contributed by atoms with Crippen molar-refractivity contribution in [2.24, 2.45) is 0 Å². The van der Waals surface area contributed by atoms with Gasteiger partial charge in [0.05, 0.1) is 41.9 Å². The first-order valence-electron chi connectivity index (χ1n) is 15.7. The topological polar surface area (TPSA) is 117 Å². The Morgan fingerprint density at radius 1 is 1.13 bits per heavy atom. The van der Waals surface area contributed by atoms with Crippen molar-refractivity contribution in [3.8, 4) is 17.2 Å². The third-order valence-corrected chi connectivity index (χ3v) is 9.29. The quantitative estimate of drug-likeness (QED) is 0.205. The average molecular weight is 649 g/mol. The van der Waals surface area contributed by atoms with Crippen molar-refractivity contribution in [3.05, 3.63) is 76.3 Å². The number of carbonyl (C=O) groups is 1. The number of hydrogen-bond acceptors (Lipinski definition) is 9. The molecular formula is C34H37ClN4O7. The summed E-state index contributed by atoms with van der Waals surface area (Å²) in [6, 6.07) is 12.9. The highest BCUT2D eigenvalue weighted by Gasteiger charge is 2.42. The number of ether oxygens (including phenoxy) is 5. The normalized spacial score (nSPS) is 21.4. The van der Waals surface area contributed by atoms with Gasteiger partial charge in [0.1, 0.15) is 29.4 Å². The highest BCUT2D eigenvalue weighted by molar-refractivity contribution is 6.30. The fourth-order valence-corrected chi connectivity index (χ4v) is 6.60. The molecule has 0 amide bonds. The van der Waals surface area contributed by atoms with E-state index in [0.717, 1.165) is 67.4 Å². The van der Waals surface area contributed by atoms with Crippen molar-refractivity contribution in [1.82, 2.24) is 19.4 Å². The SMILES string of the molecule is COCCOc1cc(C(=O)O)cc2c1nc(CN1CCC(c3cccc4c3O[C@@](C)(c3ccc(Cl)cn3)O4)CC1)n2C[C@@H]1CCO1. The van der Waals surface area contributed by atoms with Crippen molar-refractivity contribution < 1.29 is 33.6 Å². The second-order valence-electron chi connectivity index (χ2n) is 12.1. The Morgan fingerprint density at radius 2 is 1.96 bits per heavy atom. The molecule has 1 N–H and O–H groups in total. The molecule has 0 aliphatic carbocycles. The molecule has 4 aromatic rings. The van der Waals surface area contributed by atoms with E-state index in [9.17, 15) is 9.90 Å². The molecule has 46 heavy (non-hydrogen) atoms. The molecule has 2 saturated heterocycles. The molecular weight excluding hydrogens is 612 g/mol. The molecule has 2 aromatic carbocycles. The zero-order valence-electron chi connectivity index (χ0n) is 25.9. The van der Waals surface area contributed by atoms with Gasteiger partial charge in [0, 0.05) is 32.4 Å². The Morgan fingerprint density at radius 3 is 2.65 bits per heavy atom. The minimum atomic E-state index is -1.03. The smallest absolute Gasteiger partial charge is 0.335 e. The van der Waals surface area contributed by atoms with Crippen LogP contribution < -0.4 is 14.2 Å². The number of aromatic carboxylic acids is 1. The zero-order chi connectivity index (χ0) is 31.8. The van der Waals surface area contributed by atoms with E-state index in [4.69, 9.17) is 40.3 Å². The van der Waals surface area contributed by atoms with Crippen molar-refractivity contribution in [2.45, 2.75) is 57.1 Å². The summed E-state index contributed by atoms with van der Waals surface area (Å²) in [4.78, 5) is 23.9. The van der Waals surface area contributed by atoms with E-state index in [1.54, 1.807) is 31.5 Å². The monoisotopic (exact) mass is 648 g/mol. The molecule has 0 bridgehead atoms. The minimum Gasteiger partial charge on any atom is -0.489 e. The highest BCUT2D eigenvalue weighted by atomic mass is 35.5. The first-order chi connectivity index (χ1) is 22.3. The number of para-hydroxylation sites is 1. The number of hydrogen-bond donors (Lipinski definition) is 1. The number of nitrogens with zero attached hydrogens (tertiary/aromatic N) is 4. The number of carboxylic acid groups (broad SMARTS) is 1. The molecule has 0 spiro atoms. The molecule has 0 unspecified atom stereocenters. The largest absolute Gasteiger partial charge is 0.489 e. The lowest BCUT2D eigenvalue weighted by atomic mass is 9.88. The van der Waals surface area contributed by atoms with Crippen molar-refractivity contribution in [2.75, 3.05) is 40.0 Å².